The molecule has 1 heterocycles. The number of amides is 2. The summed E-state index contributed by atoms with van der Waals surface area (Å²) in [6.07, 6.45) is -0.717. The number of nitrogens with one attached hydrogen (secondary N) is 3. The number of ether oxygens (including phenoxy) is 1. The van der Waals surface area contributed by atoms with E-state index in [4.69, 9.17) is 0 Å². The number of hydrogen-bond donors (Lipinski definition) is 3. The molecule has 1 aromatic heterocycles. The number of aromatic amines is 1. The highest BCUT2D eigenvalue weighted by molar-refractivity contribution is 5.95. The molecule has 7 nitrogen and oxygen atoms in total. The lowest BCUT2D eigenvalue weighted by molar-refractivity contribution is -0.115. The van der Waals surface area contributed by atoms with Crippen molar-refractivity contribution in [2.45, 2.75) is 0 Å². The number of carbonyl (C=O) groups is 2. The Bertz CT molecular complexity index is 987. The van der Waals surface area contributed by atoms with Gasteiger partial charge in [-0.2, -0.15) is 0 Å². The van der Waals surface area contributed by atoms with E-state index >= 15 is 0 Å². The Morgan fingerprint density at radius 2 is 2.00 bits per heavy atom. The van der Waals surface area contributed by atoms with Gasteiger partial charge in [0.25, 0.3) is 0 Å². The van der Waals surface area contributed by atoms with Crippen molar-refractivity contribution >= 4 is 28.7 Å². The van der Waals surface area contributed by atoms with Crippen LogP contribution >= 0.6 is 0 Å². The van der Waals surface area contributed by atoms with E-state index in [1.807, 2.05) is 0 Å². The molecule has 0 unspecified atom stereocenters. The molecule has 3 rings (SSSR count). The molecule has 0 spiro atoms. The number of fused-ring (bicyclic) bond motifs is 1. The maximum absolute atomic E-state index is 13.9. The topological polar surface area (TPSA) is 96.1 Å². The number of halogens is 2. The number of hydrogen-bond acceptors (Lipinski definition) is 4. The second kappa shape index (κ2) is 7.18. The SMILES string of the molecule is COC(=O)NCC(=O)Nc1ccc2nc(-c3cc(F)ccc3F)[nH]c2c1. The first-order chi connectivity index (χ1) is 12.5. The fourth-order valence-electron chi connectivity index (χ4n) is 2.32. The largest absolute Gasteiger partial charge is 0.453 e. The molecule has 26 heavy (non-hydrogen) atoms. The molecule has 3 N–H and O–H groups in total. The van der Waals surface area contributed by atoms with Crippen LogP contribution in [0.5, 0.6) is 0 Å². The molecule has 9 heteroatoms. The predicted octanol–water partition coefficient (Wildman–Crippen LogP) is 2.80. The molecule has 0 saturated heterocycles. The zero-order chi connectivity index (χ0) is 18.7. The van der Waals surface area contributed by atoms with E-state index in [2.05, 4.69) is 25.3 Å². The van der Waals surface area contributed by atoms with Gasteiger partial charge in [0.05, 0.1) is 23.7 Å². The van der Waals surface area contributed by atoms with E-state index in [0.717, 1.165) is 18.2 Å². The third-order valence-electron chi connectivity index (χ3n) is 3.53. The van der Waals surface area contributed by atoms with Crippen molar-refractivity contribution in [3.05, 3.63) is 48.0 Å². The van der Waals surface area contributed by atoms with E-state index < -0.39 is 23.6 Å². The zero-order valence-electron chi connectivity index (χ0n) is 13.6. The van der Waals surface area contributed by atoms with Crippen molar-refractivity contribution in [3.63, 3.8) is 0 Å². The molecule has 0 atom stereocenters. The van der Waals surface area contributed by atoms with Crippen LogP contribution in [0.15, 0.2) is 36.4 Å². The summed E-state index contributed by atoms with van der Waals surface area (Å²) in [6, 6.07) is 7.92. The highest BCUT2D eigenvalue weighted by Gasteiger charge is 2.12. The lowest BCUT2D eigenvalue weighted by atomic mass is 10.2. The smallest absolute Gasteiger partial charge is 0.407 e. The summed E-state index contributed by atoms with van der Waals surface area (Å²) in [5.74, 6) is -1.46. The second-order valence-corrected chi connectivity index (χ2v) is 5.33. The highest BCUT2D eigenvalue weighted by Crippen LogP contribution is 2.25. The molecule has 0 saturated carbocycles. The van der Waals surface area contributed by atoms with Crippen LogP contribution in [0, 0.1) is 11.6 Å². The van der Waals surface area contributed by atoms with Crippen molar-refractivity contribution in [2.24, 2.45) is 0 Å². The minimum absolute atomic E-state index is 0.00839. The van der Waals surface area contributed by atoms with Crippen LogP contribution in [-0.2, 0) is 9.53 Å². The minimum atomic E-state index is -0.717. The number of rotatable bonds is 4. The normalized spacial score (nSPS) is 10.6. The number of carbonyl (C=O) groups excluding carboxylic acids is 2. The fourth-order valence-corrected chi connectivity index (χ4v) is 2.32. The van der Waals surface area contributed by atoms with Crippen LogP contribution < -0.4 is 10.6 Å². The Hall–Kier alpha value is -3.49. The number of alkyl carbamates (subject to hydrolysis) is 1. The number of aromatic nitrogens is 2. The minimum Gasteiger partial charge on any atom is -0.453 e. The highest BCUT2D eigenvalue weighted by atomic mass is 19.1. The number of methoxy groups -OCH3 is 1. The second-order valence-electron chi connectivity index (χ2n) is 5.33. The third-order valence-corrected chi connectivity index (χ3v) is 3.53. The molecule has 2 aromatic carbocycles. The number of benzene rings is 2. The van der Waals surface area contributed by atoms with Crippen molar-refractivity contribution in [1.29, 1.82) is 0 Å². The van der Waals surface area contributed by atoms with Gasteiger partial charge in [-0.05, 0) is 36.4 Å². The van der Waals surface area contributed by atoms with Crippen LogP contribution in [0.3, 0.4) is 0 Å². The Labute approximate surface area is 146 Å². The molecule has 0 fully saturated rings. The van der Waals surface area contributed by atoms with Gasteiger partial charge in [0, 0.05) is 5.69 Å². The third kappa shape index (κ3) is 3.77. The molecule has 0 aliphatic heterocycles. The summed E-state index contributed by atoms with van der Waals surface area (Å²) >= 11 is 0. The molecule has 0 aliphatic rings. The van der Waals surface area contributed by atoms with Crippen LogP contribution in [0.2, 0.25) is 0 Å². The van der Waals surface area contributed by atoms with E-state index in [1.54, 1.807) is 18.2 Å². The van der Waals surface area contributed by atoms with E-state index in [-0.39, 0.29) is 17.9 Å². The standard InChI is InChI=1S/C17H14F2N4O3/c1-26-17(25)20-8-15(24)21-10-3-5-13-14(7-10)23-16(22-13)11-6-9(18)2-4-12(11)19/h2-7H,8H2,1H3,(H,20,25)(H,21,24)(H,22,23). The number of imidazole rings is 1. The van der Waals surface area contributed by atoms with Gasteiger partial charge in [0.1, 0.15) is 24.0 Å². The molecule has 134 valence electrons. The summed E-state index contributed by atoms with van der Waals surface area (Å²) in [4.78, 5) is 29.8. The summed E-state index contributed by atoms with van der Waals surface area (Å²) in [5, 5.41) is 4.85. The van der Waals surface area contributed by atoms with Crippen molar-refractivity contribution < 1.29 is 23.1 Å². The molecule has 0 bridgehead atoms. The first-order valence-corrected chi connectivity index (χ1v) is 7.53. The Morgan fingerprint density at radius 3 is 2.77 bits per heavy atom. The van der Waals surface area contributed by atoms with Gasteiger partial charge in [-0.15, -0.1) is 0 Å². The van der Waals surface area contributed by atoms with Gasteiger partial charge < -0.3 is 20.4 Å². The van der Waals surface area contributed by atoms with Crippen molar-refractivity contribution in [2.75, 3.05) is 19.0 Å². The summed E-state index contributed by atoms with van der Waals surface area (Å²) < 4.78 is 31.6. The van der Waals surface area contributed by atoms with Crippen LogP contribution in [-0.4, -0.2) is 35.6 Å². The molecule has 2 amide bonds. The number of H-pyrrole nitrogens is 1. The van der Waals surface area contributed by atoms with Gasteiger partial charge in [0.2, 0.25) is 5.91 Å². The summed E-state index contributed by atoms with van der Waals surface area (Å²) in [5.41, 5.74) is 1.51. The van der Waals surface area contributed by atoms with E-state index in [0.29, 0.717) is 16.7 Å². The zero-order valence-corrected chi connectivity index (χ0v) is 13.6. The van der Waals surface area contributed by atoms with E-state index in [9.17, 15) is 18.4 Å². The summed E-state index contributed by atoms with van der Waals surface area (Å²) in [6.45, 7) is -0.257. The first-order valence-electron chi connectivity index (χ1n) is 7.53. The van der Waals surface area contributed by atoms with E-state index in [1.165, 1.54) is 7.11 Å². The average Bonchev–Trinajstić information content (AvgIpc) is 3.04. The quantitative estimate of drug-likeness (QED) is 0.667. The Kier molecular flexibility index (Phi) is 4.78. The first kappa shape index (κ1) is 17.3. The van der Waals surface area contributed by atoms with Gasteiger partial charge in [-0.25, -0.2) is 18.6 Å². The number of nitrogens with zero attached hydrogens (tertiary/aromatic N) is 1. The van der Waals surface area contributed by atoms with Gasteiger partial charge in [0.15, 0.2) is 0 Å². The van der Waals surface area contributed by atoms with Gasteiger partial charge in [-0.3, -0.25) is 4.79 Å². The summed E-state index contributed by atoms with van der Waals surface area (Å²) in [7, 11) is 1.19. The van der Waals surface area contributed by atoms with Crippen LogP contribution in [0.1, 0.15) is 0 Å². The number of anilines is 1. The molecule has 0 radical (unpaired) electrons. The predicted molar refractivity (Wildman–Crippen MR) is 90.5 cm³/mol. The maximum Gasteiger partial charge on any atom is 0.407 e. The molecular formula is C17H14F2N4O3. The molecule has 3 aromatic rings. The monoisotopic (exact) mass is 360 g/mol. The van der Waals surface area contributed by atoms with Crippen LogP contribution in [0.4, 0.5) is 19.3 Å². The Balaban J connectivity index is 1.80. The Morgan fingerprint density at radius 1 is 1.19 bits per heavy atom. The molecular weight excluding hydrogens is 346 g/mol. The lowest BCUT2D eigenvalue weighted by Crippen LogP contribution is -2.32. The lowest BCUT2D eigenvalue weighted by Gasteiger charge is -2.06. The maximum atomic E-state index is 13.9. The van der Waals surface area contributed by atoms with Gasteiger partial charge >= 0.3 is 6.09 Å². The van der Waals surface area contributed by atoms with Gasteiger partial charge in [-0.1, -0.05) is 0 Å². The van der Waals surface area contributed by atoms with Crippen molar-refractivity contribution in [1.82, 2.24) is 15.3 Å². The average molecular weight is 360 g/mol. The van der Waals surface area contributed by atoms with Crippen LogP contribution in [0.25, 0.3) is 22.4 Å². The van der Waals surface area contributed by atoms with Crippen molar-refractivity contribution in [3.8, 4) is 11.4 Å². The molecule has 0 aliphatic carbocycles. The fraction of sp³-hybridized carbons (Fsp3) is 0.118.